The number of anilines is 4. The summed E-state index contributed by atoms with van der Waals surface area (Å²) in [6.07, 6.45) is 3.87. The number of ether oxygens (including phenoxy) is 3. The first-order valence-corrected chi connectivity index (χ1v) is 19.8. The molecular weight excluding hydrogens is 755 g/mol. The SMILES string of the molecule is Cc1c(-c2ccc3cnc(Nc4ccc(N5CCN(CCOCCOc6ccc7c(c6)C(=O)N(C6CCC(=O)NC6=O)C7=O)CC5)cc4)nc3c2)cnc2c1NCCO2. The monoisotopic (exact) mass is 797 g/mol. The minimum Gasteiger partial charge on any atom is -0.491 e. The van der Waals surface area contributed by atoms with Gasteiger partial charge in [0.05, 0.1) is 29.9 Å². The number of fused-ring (bicyclic) bond motifs is 3. The van der Waals surface area contributed by atoms with E-state index in [1.807, 2.05) is 18.5 Å². The minimum absolute atomic E-state index is 0.0696. The summed E-state index contributed by atoms with van der Waals surface area (Å²) in [7, 11) is 0. The molecule has 302 valence electrons. The molecule has 0 radical (unpaired) electrons. The predicted octanol–water partition coefficient (Wildman–Crippen LogP) is 4.17. The van der Waals surface area contributed by atoms with Crippen LogP contribution >= 0.6 is 0 Å². The summed E-state index contributed by atoms with van der Waals surface area (Å²) in [5, 5.41) is 9.93. The molecule has 0 aliphatic carbocycles. The topological polar surface area (TPSA) is 180 Å². The van der Waals surface area contributed by atoms with Crippen LogP contribution in [-0.4, -0.2) is 120 Å². The van der Waals surface area contributed by atoms with Crippen molar-refractivity contribution >= 4 is 57.5 Å². The number of piperazine rings is 1. The summed E-state index contributed by atoms with van der Waals surface area (Å²) in [6, 6.07) is 18.2. The van der Waals surface area contributed by atoms with Gasteiger partial charge in [0.25, 0.3) is 11.8 Å². The van der Waals surface area contributed by atoms with E-state index in [2.05, 4.69) is 79.0 Å². The van der Waals surface area contributed by atoms with Gasteiger partial charge in [0.15, 0.2) is 0 Å². The number of piperidine rings is 1. The van der Waals surface area contributed by atoms with Crippen LogP contribution in [0.1, 0.15) is 39.1 Å². The fraction of sp³-hybridized carbons (Fsp3) is 0.326. The van der Waals surface area contributed by atoms with E-state index in [0.717, 1.165) is 88.8 Å². The lowest BCUT2D eigenvalue weighted by Crippen LogP contribution is -2.54. The second-order valence-corrected chi connectivity index (χ2v) is 14.8. The number of hydrogen-bond acceptors (Lipinski definition) is 14. The molecule has 0 bridgehead atoms. The fourth-order valence-electron chi connectivity index (χ4n) is 7.93. The number of nitrogens with one attached hydrogen (secondary N) is 3. The van der Waals surface area contributed by atoms with Crippen molar-refractivity contribution in [3.05, 3.63) is 89.7 Å². The van der Waals surface area contributed by atoms with Gasteiger partial charge in [-0.15, -0.1) is 0 Å². The average Bonchev–Trinajstić information content (AvgIpc) is 3.50. The maximum atomic E-state index is 13.1. The lowest BCUT2D eigenvalue weighted by Gasteiger charge is -2.36. The van der Waals surface area contributed by atoms with E-state index in [1.165, 1.54) is 12.1 Å². The molecular formula is C43H43N9O7. The first kappa shape index (κ1) is 37.9. The summed E-state index contributed by atoms with van der Waals surface area (Å²) < 4.78 is 17.4. The van der Waals surface area contributed by atoms with Crippen LogP contribution < -0.4 is 30.3 Å². The van der Waals surface area contributed by atoms with Gasteiger partial charge in [0, 0.05) is 80.4 Å². The summed E-state index contributed by atoms with van der Waals surface area (Å²) in [4.78, 5) is 69.5. The third-order valence-corrected chi connectivity index (χ3v) is 11.2. The second kappa shape index (κ2) is 16.3. The third-order valence-electron chi connectivity index (χ3n) is 11.2. The molecule has 3 N–H and O–H groups in total. The molecule has 0 saturated carbocycles. The summed E-state index contributed by atoms with van der Waals surface area (Å²) in [5.74, 6) is -0.569. The third kappa shape index (κ3) is 7.83. The van der Waals surface area contributed by atoms with E-state index in [1.54, 1.807) is 6.07 Å². The normalized spacial score (nSPS) is 17.9. The van der Waals surface area contributed by atoms with Gasteiger partial charge in [0.2, 0.25) is 23.6 Å². The quantitative estimate of drug-likeness (QED) is 0.121. The highest BCUT2D eigenvalue weighted by molar-refractivity contribution is 6.23. The van der Waals surface area contributed by atoms with Crippen LogP contribution in [0, 0.1) is 6.92 Å². The molecule has 6 heterocycles. The van der Waals surface area contributed by atoms with Crippen LogP contribution in [0.4, 0.5) is 23.0 Å². The van der Waals surface area contributed by atoms with E-state index in [-0.39, 0.29) is 30.6 Å². The van der Waals surface area contributed by atoms with E-state index in [9.17, 15) is 19.2 Å². The van der Waals surface area contributed by atoms with E-state index in [0.29, 0.717) is 37.4 Å². The first-order valence-electron chi connectivity index (χ1n) is 19.8. The zero-order valence-electron chi connectivity index (χ0n) is 32.5. The van der Waals surface area contributed by atoms with Gasteiger partial charge in [-0.2, -0.15) is 0 Å². The Morgan fingerprint density at radius 1 is 0.864 bits per heavy atom. The van der Waals surface area contributed by atoms with Crippen LogP contribution in [0.5, 0.6) is 11.6 Å². The van der Waals surface area contributed by atoms with Crippen LogP contribution in [0.3, 0.4) is 0 Å². The number of amides is 4. The van der Waals surface area contributed by atoms with Crippen molar-refractivity contribution in [2.24, 2.45) is 0 Å². The molecule has 2 fully saturated rings. The Morgan fingerprint density at radius 2 is 1.69 bits per heavy atom. The zero-order chi connectivity index (χ0) is 40.5. The van der Waals surface area contributed by atoms with Crippen LogP contribution in [-0.2, 0) is 14.3 Å². The minimum atomic E-state index is -1.01. The molecule has 5 aromatic rings. The lowest BCUT2D eigenvalue weighted by molar-refractivity contribution is -0.136. The largest absolute Gasteiger partial charge is 0.491 e. The van der Waals surface area contributed by atoms with Gasteiger partial charge in [-0.1, -0.05) is 12.1 Å². The van der Waals surface area contributed by atoms with Crippen molar-refractivity contribution in [3.63, 3.8) is 0 Å². The van der Waals surface area contributed by atoms with Gasteiger partial charge in [0.1, 0.15) is 30.7 Å². The van der Waals surface area contributed by atoms with E-state index in [4.69, 9.17) is 19.2 Å². The number of carbonyl (C=O) groups excluding carboxylic acids is 4. The Hall–Kier alpha value is -6.65. The van der Waals surface area contributed by atoms with Gasteiger partial charge in [-0.05, 0) is 73.0 Å². The molecule has 4 aliphatic rings. The number of nitrogens with zero attached hydrogens (tertiary/aromatic N) is 6. The maximum absolute atomic E-state index is 13.1. The number of pyridine rings is 1. The molecule has 1 atom stereocenters. The molecule has 59 heavy (non-hydrogen) atoms. The molecule has 4 amide bonds. The van der Waals surface area contributed by atoms with E-state index < -0.39 is 29.7 Å². The molecule has 2 aromatic heterocycles. The summed E-state index contributed by atoms with van der Waals surface area (Å²) in [5.41, 5.74) is 7.38. The van der Waals surface area contributed by atoms with Crippen molar-refractivity contribution in [2.75, 3.05) is 81.2 Å². The van der Waals surface area contributed by atoms with Crippen LogP contribution in [0.25, 0.3) is 22.0 Å². The molecule has 3 aromatic carbocycles. The molecule has 16 nitrogen and oxygen atoms in total. The maximum Gasteiger partial charge on any atom is 0.262 e. The Morgan fingerprint density at radius 3 is 2.53 bits per heavy atom. The number of benzene rings is 3. The van der Waals surface area contributed by atoms with Crippen LogP contribution in [0.2, 0.25) is 0 Å². The lowest BCUT2D eigenvalue weighted by atomic mass is 10.00. The molecule has 0 spiro atoms. The molecule has 9 rings (SSSR count). The standard InChI is InChI=1S/C43H43N9O7/c1-26-34(25-45-40-38(26)44-12-18-59-40)27-2-3-28-24-46-43(48-35(28)22-27)47-29-4-6-30(7-5-29)51-15-13-50(14-16-51)17-19-57-20-21-58-31-8-9-32-33(23-31)42(56)52(41(32)55)36-10-11-37(53)49-39(36)54/h2-9,22-25,36,44H,10-21H2,1H3,(H,46,47,48)(H,49,53,54). The van der Waals surface area contributed by atoms with Crippen LogP contribution in [0.15, 0.2) is 73.1 Å². The van der Waals surface area contributed by atoms with Crippen molar-refractivity contribution in [1.82, 2.24) is 30.1 Å². The zero-order valence-corrected chi connectivity index (χ0v) is 32.5. The summed E-state index contributed by atoms with van der Waals surface area (Å²) >= 11 is 0. The molecule has 2 saturated heterocycles. The molecule has 1 unspecified atom stereocenters. The highest BCUT2D eigenvalue weighted by atomic mass is 16.5. The number of hydrogen-bond donors (Lipinski definition) is 3. The number of aromatic nitrogens is 3. The average molecular weight is 798 g/mol. The number of imide groups is 2. The van der Waals surface area contributed by atoms with Gasteiger partial charge >= 0.3 is 0 Å². The van der Waals surface area contributed by atoms with E-state index >= 15 is 0 Å². The van der Waals surface area contributed by atoms with Crippen molar-refractivity contribution < 1.29 is 33.4 Å². The Bertz CT molecular complexity index is 2450. The first-order chi connectivity index (χ1) is 28.8. The molecule has 16 heteroatoms. The van der Waals surface area contributed by atoms with Crippen molar-refractivity contribution in [1.29, 1.82) is 0 Å². The Balaban J connectivity index is 0.708. The fourth-order valence-corrected chi connectivity index (χ4v) is 7.93. The number of carbonyl (C=O) groups is 4. The van der Waals surface area contributed by atoms with Gasteiger partial charge in [-0.25, -0.2) is 15.0 Å². The highest BCUT2D eigenvalue weighted by Crippen LogP contribution is 2.36. The van der Waals surface area contributed by atoms with Crippen molar-refractivity contribution in [2.45, 2.75) is 25.8 Å². The second-order valence-electron chi connectivity index (χ2n) is 14.8. The predicted molar refractivity (Wildman–Crippen MR) is 219 cm³/mol. The highest BCUT2D eigenvalue weighted by Gasteiger charge is 2.44. The van der Waals surface area contributed by atoms with Gasteiger partial charge in [-0.3, -0.25) is 34.3 Å². The Kier molecular flexibility index (Phi) is 10.5. The molecule has 4 aliphatic heterocycles. The smallest absolute Gasteiger partial charge is 0.262 e. The van der Waals surface area contributed by atoms with Gasteiger partial charge < -0.3 is 29.7 Å². The Labute approximate surface area is 339 Å². The number of rotatable bonds is 12. The summed E-state index contributed by atoms with van der Waals surface area (Å²) in [6.45, 7) is 9.04. The van der Waals surface area contributed by atoms with Crippen molar-refractivity contribution in [3.8, 4) is 22.8 Å².